The molecule has 0 bridgehead atoms. The van der Waals surface area contributed by atoms with Crippen LogP contribution in [0.25, 0.3) is 6.08 Å². The quantitative estimate of drug-likeness (QED) is 0.786. The van der Waals surface area contributed by atoms with E-state index in [4.69, 9.17) is 9.47 Å². The Labute approximate surface area is 130 Å². The second-order valence-electron chi connectivity index (χ2n) is 5.46. The van der Waals surface area contributed by atoms with Gasteiger partial charge in [-0.25, -0.2) is 0 Å². The van der Waals surface area contributed by atoms with Gasteiger partial charge in [-0.05, 0) is 48.7 Å². The van der Waals surface area contributed by atoms with Crippen LogP contribution in [-0.4, -0.2) is 19.5 Å². The van der Waals surface area contributed by atoms with E-state index >= 15 is 0 Å². The molecule has 0 aromatic heterocycles. The van der Waals surface area contributed by atoms with Crippen molar-refractivity contribution in [2.45, 2.75) is 13.8 Å². The number of aryl methyl sites for hydroxylation is 2. The van der Waals surface area contributed by atoms with Gasteiger partial charge < -0.3 is 9.47 Å². The summed E-state index contributed by atoms with van der Waals surface area (Å²) in [5, 5.41) is 0. The summed E-state index contributed by atoms with van der Waals surface area (Å²) in [6.07, 6.45) is 1.88. The van der Waals surface area contributed by atoms with Crippen LogP contribution in [0.15, 0.2) is 42.0 Å². The Morgan fingerprint density at radius 3 is 2.41 bits per heavy atom. The van der Waals surface area contributed by atoms with Crippen molar-refractivity contribution < 1.29 is 14.3 Å². The number of Topliss-reactive ketones (excluding diaryl/α,β-unsaturated/α-hetero) is 1. The molecule has 0 saturated heterocycles. The number of rotatable bonds is 2. The summed E-state index contributed by atoms with van der Waals surface area (Å²) in [7, 11) is 1.63. The van der Waals surface area contributed by atoms with Gasteiger partial charge in [-0.2, -0.15) is 0 Å². The van der Waals surface area contributed by atoms with Crippen LogP contribution in [0.1, 0.15) is 27.0 Å². The Morgan fingerprint density at radius 1 is 1.05 bits per heavy atom. The van der Waals surface area contributed by atoms with Crippen molar-refractivity contribution in [3.8, 4) is 11.5 Å². The Kier molecular flexibility index (Phi) is 3.72. The second-order valence-corrected chi connectivity index (χ2v) is 5.46. The molecule has 3 heteroatoms. The summed E-state index contributed by atoms with van der Waals surface area (Å²) in [6.45, 7) is 4.21. The molecule has 2 aromatic carbocycles. The van der Waals surface area contributed by atoms with Crippen LogP contribution < -0.4 is 9.47 Å². The largest absolute Gasteiger partial charge is 0.497 e. The zero-order valence-corrected chi connectivity index (χ0v) is 13.0. The summed E-state index contributed by atoms with van der Waals surface area (Å²) in [4.78, 5) is 12.7. The Bertz CT molecular complexity index is 755. The van der Waals surface area contributed by atoms with Crippen molar-refractivity contribution in [1.29, 1.82) is 0 Å². The molecule has 0 unspecified atom stereocenters. The van der Waals surface area contributed by atoms with Gasteiger partial charge in [0.15, 0.2) is 5.78 Å². The fourth-order valence-corrected chi connectivity index (χ4v) is 2.64. The number of hydrogen-bond acceptors (Lipinski definition) is 3. The van der Waals surface area contributed by atoms with E-state index in [0.717, 1.165) is 28.2 Å². The van der Waals surface area contributed by atoms with E-state index < -0.39 is 0 Å². The normalized spacial score (nSPS) is 15.4. The fourth-order valence-electron chi connectivity index (χ4n) is 2.64. The molecule has 3 rings (SSSR count). The van der Waals surface area contributed by atoms with Crippen LogP contribution in [0.3, 0.4) is 0 Å². The molecule has 0 radical (unpaired) electrons. The lowest BCUT2D eigenvalue weighted by atomic mass is 9.93. The summed E-state index contributed by atoms with van der Waals surface area (Å²) in [5.41, 5.74) is 4.27. The number of benzene rings is 2. The lowest BCUT2D eigenvalue weighted by Gasteiger charge is -2.22. The first-order valence-electron chi connectivity index (χ1n) is 7.22. The van der Waals surface area contributed by atoms with Gasteiger partial charge in [0.05, 0.1) is 12.7 Å². The van der Waals surface area contributed by atoms with E-state index in [0.29, 0.717) is 17.7 Å². The molecular weight excluding hydrogens is 276 g/mol. The minimum atomic E-state index is 0.0540. The number of ether oxygens (including phenoxy) is 2. The number of methoxy groups -OCH3 is 1. The van der Waals surface area contributed by atoms with Crippen LogP contribution in [0, 0.1) is 13.8 Å². The van der Waals surface area contributed by atoms with Gasteiger partial charge >= 0.3 is 0 Å². The topological polar surface area (TPSA) is 35.5 Å². The number of carbonyl (C=O) groups is 1. The zero-order valence-electron chi connectivity index (χ0n) is 13.0. The smallest absolute Gasteiger partial charge is 0.196 e. The summed E-state index contributed by atoms with van der Waals surface area (Å²) >= 11 is 0. The third-order valence-corrected chi connectivity index (χ3v) is 3.91. The maximum atomic E-state index is 12.7. The van der Waals surface area contributed by atoms with Crippen molar-refractivity contribution in [3.05, 3.63) is 64.2 Å². The van der Waals surface area contributed by atoms with Crippen molar-refractivity contribution in [2.24, 2.45) is 0 Å². The molecule has 0 aliphatic carbocycles. The number of carbonyl (C=O) groups excluding carboxylic acids is 1. The first kappa shape index (κ1) is 14.4. The first-order chi connectivity index (χ1) is 10.6. The molecule has 0 fully saturated rings. The number of hydrogen-bond donors (Lipinski definition) is 0. The van der Waals surface area contributed by atoms with E-state index in [-0.39, 0.29) is 5.78 Å². The van der Waals surface area contributed by atoms with Crippen LogP contribution in [0.2, 0.25) is 0 Å². The molecule has 0 atom stereocenters. The molecule has 1 heterocycles. The van der Waals surface area contributed by atoms with E-state index in [9.17, 15) is 4.79 Å². The van der Waals surface area contributed by atoms with E-state index in [1.165, 1.54) is 0 Å². The summed E-state index contributed by atoms with van der Waals surface area (Å²) in [5.74, 6) is 1.57. The number of fused-ring (bicyclic) bond motifs is 1. The van der Waals surface area contributed by atoms with Gasteiger partial charge in [0.25, 0.3) is 0 Å². The van der Waals surface area contributed by atoms with Gasteiger partial charge in [-0.3, -0.25) is 4.79 Å². The van der Waals surface area contributed by atoms with Crippen molar-refractivity contribution in [3.63, 3.8) is 0 Å². The van der Waals surface area contributed by atoms with Crippen LogP contribution in [0.4, 0.5) is 0 Å². The van der Waals surface area contributed by atoms with Crippen LogP contribution in [-0.2, 0) is 0 Å². The van der Waals surface area contributed by atoms with Gasteiger partial charge in [0, 0.05) is 5.57 Å². The Morgan fingerprint density at radius 2 is 1.73 bits per heavy atom. The molecule has 0 amide bonds. The van der Waals surface area contributed by atoms with Gasteiger partial charge in [0.2, 0.25) is 0 Å². The highest BCUT2D eigenvalue weighted by Crippen LogP contribution is 2.33. The van der Waals surface area contributed by atoms with Gasteiger partial charge in [-0.15, -0.1) is 0 Å². The maximum absolute atomic E-state index is 12.7. The molecule has 2 aromatic rings. The van der Waals surface area contributed by atoms with Crippen molar-refractivity contribution in [1.82, 2.24) is 0 Å². The van der Waals surface area contributed by atoms with Crippen LogP contribution in [0.5, 0.6) is 11.5 Å². The van der Waals surface area contributed by atoms with Crippen molar-refractivity contribution in [2.75, 3.05) is 13.7 Å². The molecule has 3 nitrogen and oxygen atoms in total. The SMILES string of the molecule is COc1ccc(/C=C2\COc3c(C)ccc(C)c3C2=O)cc1. The van der Waals surface area contributed by atoms with E-state index in [2.05, 4.69) is 0 Å². The summed E-state index contributed by atoms with van der Waals surface area (Å²) < 4.78 is 11.0. The highest BCUT2D eigenvalue weighted by atomic mass is 16.5. The average molecular weight is 294 g/mol. The fraction of sp³-hybridized carbons (Fsp3) is 0.211. The zero-order chi connectivity index (χ0) is 15.7. The molecule has 0 saturated carbocycles. The minimum Gasteiger partial charge on any atom is -0.497 e. The van der Waals surface area contributed by atoms with Crippen LogP contribution >= 0.6 is 0 Å². The molecule has 0 spiro atoms. The lowest BCUT2D eigenvalue weighted by molar-refractivity contribution is 0.0999. The predicted octanol–water partition coefficient (Wildman–Crippen LogP) is 3.97. The van der Waals surface area contributed by atoms with Crippen molar-refractivity contribution >= 4 is 11.9 Å². The minimum absolute atomic E-state index is 0.0540. The molecular formula is C19H18O3. The molecule has 112 valence electrons. The third kappa shape index (κ3) is 2.50. The first-order valence-corrected chi connectivity index (χ1v) is 7.22. The maximum Gasteiger partial charge on any atom is 0.196 e. The lowest BCUT2D eigenvalue weighted by Crippen LogP contribution is -2.21. The van der Waals surface area contributed by atoms with E-state index in [1.54, 1.807) is 7.11 Å². The summed E-state index contributed by atoms with van der Waals surface area (Å²) in [6, 6.07) is 11.6. The molecule has 0 N–H and O–H groups in total. The second kappa shape index (κ2) is 5.68. The standard InChI is InChI=1S/C19H18O3/c1-12-4-5-13(2)19-17(12)18(20)15(11-22-19)10-14-6-8-16(21-3)9-7-14/h4-10H,11H2,1-3H3/b15-10+. The van der Waals surface area contributed by atoms with E-state index in [1.807, 2.05) is 56.3 Å². The molecule has 22 heavy (non-hydrogen) atoms. The molecule has 1 aliphatic rings. The van der Waals surface area contributed by atoms with Gasteiger partial charge in [-0.1, -0.05) is 24.3 Å². The average Bonchev–Trinajstić information content (AvgIpc) is 2.54. The number of ketones is 1. The Balaban J connectivity index is 1.98. The molecule has 1 aliphatic heterocycles. The Hall–Kier alpha value is -2.55. The highest BCUT2D eigenvalue weighted by Gasteiger charge is 2.26. The monoisotopic (exact) mass is 294 g/mol. The van der Waals surface area contributed by atoms with Gasteiger partial charge in [0.1, 0.15) is 18.1 Å². The predicted molar refractivity (Wildman–Crippen MR) is 86.7 cm³/mol. The highest BCUT2D eigenvalue weighted by molar-refractivity contribution is 6.15. The third-order valence-electron chi connectivity index (χ3n) is 3.91.